The summed E-state index contributed by atoms with van der Waals surface area (Å²) < 4.78 is 19.1. The molecule has 3 heteroatoms. The molecule has 0 aliphatic rings. The Kier molecular flexibility index (Phi) is 3.48. The fourth-order valence-corrected chi connectivity index (χ4v) is 1.91. The minimum Gasteiger partial charge on any atom is -0.461 e. The van der Waals surface area contributed by atoms with E-state index >= 15 is 0 Å². The van der Waals surface area contributed by atoms with Gasteiger partial charge >= 0.3 is 0 Å². The molecule has 17 heavy (non-hydrogen) atoms. The van der Waals surface area contributed by atoms with Crippen LogP contribution < -0.4 is 5.32 Å². The predicted molar refractivity (Wildman–Crippen MR) is 67.8 cm³/mol. The fourth-order valence-electron chi connectivity index (χ4n) is 1.91. The first-order valence-electron chi connectivity index (χ1n) is 5.98. The SMILES string of the molecule is Cc1ccc2c(CCNC(C)C)coc2c1F. The van der Waals surface area contributed by atoms with Crippen LogP contribution in [0.5, 0.6) is 0 Å². The van der Waals surface area contributed by atoms with Gasteiger partial charge in [-0.25, -0.2) is 4.39 Å². The van der Waals surface area contributed by atoms with Gasteiger partial charge in [-0.05, 0) is 31.0 Å². The fraction of sp³-hybridized carbons (Fsp3) is 0.429. The molecule has 1 N–H and O–H groups in total. The van der Waals surface area contributed by atoms with Crippen molar-refractivity contribution in [2.45, 2.75) is 33.2 Å². The van der Waals surface area contributed by atoms with Crippen LogP contribution in [0.4, 0.5) is 4.39 Å². The topological polar surface area (TPSA) is 25.2 Å². The molecule has 92 valence electrons. The minimum absolute atomic E-state index is 0.245. The Morgan fingerprint density at radius 2 is 2.12 bits per heavy atom. The van der Waals surface area contributed by atoms with Crippen molar-refractivity contribution in [2.24, 2.45) is 0 Å². The Balaban J connectivity index is 2.22. The molecule has 0 saturated heterocycles. The highest BCUT2D eigenvalue weighted by Crippen LogP contribution is 2.25. The molecule has 2 aromatic rings. The second kappa shape index (κ2) is 4.88. The first-order valence-corrected chi connectivity index (χ1v) is 5.98. The van der Waals surface area contributed by atoms with Gasteiger partial charge in [0.05, 0.1) is 6.26 Å². The molecular weight excluding hydrogens is 217 g/mol. The molecule has 2 nitrogen and oxygen atoms in total. The minimum atomic E-state index is -0.245. The third-order valence-corrected chi connectivity index (χ3v) is 2.90. The number of benzene rings is 1. The number of furan rings is 1. The van der Waals surface area contributed by atoms with Crippen molar-refractivity contribution in [1.82, 2.24) is 5.32 Å². The van der Waals surface area contributed by atoms with E-state index in [0.717, 1.165) is 23.9 Å². The monoisotopic (exact) mass is 235 g/mol. The van der Waals surface area contributed by atoms with E-state index in [4.69, 9.17) is 4.42 Å². The quantitative estimate of drug-likeness (QED) is 0.878. The smallest absolute Gasteiger partial charge is 0.170 e. The summed E-state index contributed by atoms with van der Waals surface area (Å²) in [5.41, 5.74) is 2.07. The van der Waals surface area contributed by atoms with Crippen molar-refractivity contribution in [3.8, 4) is 0 Å². The zero-order chi connectivity index (χ0) is 12.4. The van der Waals surface area contributed by atoms with E-state index in [2.05, 4.69) is 19.2 Å². The maximum Gasteiger partial charge on any atom is 0.170 e. The van der Waals surface area contributed by atoms with Crippen molar-refractivity contribution in [3.63, 3.8) is 0 Å². The highest BCUT2D eigenvalue weighted by atomic mass is 19.1. The van der Waals surface area contributed by atoms with Crippen molar-refractivity contribution < 1.29 is 8.81 Å². The van der Waals surface area contributed by atoms with E-state index in [-0.39, 0.29) is 5.82 Å². The highest BCUT2D eigenvalue weighted by Gasteiger charge is 2.11. The molecular formula is C14H18FNO. The molecule has 0 amide bonds. The average Bonchev–Trinajstić information content (AvgIpc) is 2.67. The third kappa shape index (κ3) is 2.50. The van der Waals surface area contributed by atoms with Crippen LogP contribution in [0, 0.1) is 12.7 Å². The number of aryl methyl sites for hydroxylation is 1. The molecule has 0 fully saturated rings. The van der Waals surface area contributed by atoms with Gasteiger partial charge in [0.2, 0.25) is 0 Å². The lowest BCUT2D eigenvalue weighted by Crippen LogP contribution is -2.24. The summed E-state index contributed by atoms with van der Waals surface area (Å²) in [7, 11) is 0. The number of nitrogens with one attached hydrogen (secondary N) is 1. The Bertz CT molecular complexity index is 516. The van der Waals surface area contributed by atoms with Crippen LogP contribution in [0.25, 0.3) is 11.0 Å². The Morgan fingerprint density at radius 3 is 2.82 bits per heavy atom. The first-order chi connectivity index (χ1) is 8.09. The molecule has 1 aromatic carbocycles. The van der Waals surface area contributed by atoms with Crippen LogP contribution in [-0.2, 0) is 6.42 Å². The molecule has 0 saturated carbocycles. The lowest BCUT2D eigenvalue weighted by Gasteiger charge is -2.06. The van der Waals surface area contributed by atoms with Gasteiger partial charge in [-0.1, -0.05) is 26.0 Å². The molecule has 0 aliphatic carbocycles. The Morgan fingerprint density at radius 1 is 1.35 bits per heavy atom. The number of rotatable bonds is 4. The summed E-state index contributed by atoms with van der Waals surface area (Å²) in [5.74, 6) is -0.245. The largest absolute Gasteiger partial charge is 0.461 e. The Labute approximate surface area is 101 Å². The maximum absolute atomic E-state index is 13.8. The molecule has 2 rings (SSSR count). The average molecular weight is 235 g/mol. The van der Waals surface area contributed by atoms with Gasteiger partial charge in [0.1, 0.15) is 0 Å². The van der Waals surface area contributed by atoms with Crippen LogP contribution in [0.15, 0.2) is 22.8 Å². The van der Waals surface area contributed by atoms with Gasteiger partial charge in [-0.2, -0.15) is 0 Å². The van der Waals surface area contributed by atoms with E-state index < -0.39 is 0 Å². The van der Waals surface area contributed by atoms with Crippen LogP contribution in [-0.4, -0.2) is 12.6 Å². The van der Waals surface area contributed by atoms with Crippen molar-refractivity contribution >= 4 is 11.0 Å². The summed E-state index contributed by atoms with van der Waals surface area (Å²) in [5, 5.41) is 4.23. The van der Waals surface area contributed by atoms with Gasteiger partial charge in [0, 0.05) is 11.4 Å². The zero-order valence-corrected chi connectivity index (χ0v) is 10.5. The summed E-state index contributed by atoms with van der Waals surface area (Å²) in [4.78, 5) is 0. The van der Waals surface area contributed by atoms with Crippen LogP contribution in [0.2, 0.25) is 0 Å². The number of halogens is 1. The summed E-state index contributed by atoms with van der Waals surface area (Å²) >= 11 is 0. The van der Waals surface area contributed by atoms with Crippen LogP contribution in [0.3, 0.4) is 0 Å². The van der Waals surface area contributed by atoms with E-state index in [1.165, 1.54) is 0 Å². The molecule has 0 unspecified atom stereocenters. The van der Waals surface area contributed by atoms with Gasteiger partial charge in [0.25, 0.3) is 0 Å². The Hall–Kier alpha value is -1.35. The zero-order valence-electron chi connectivity index (χ0n) is 10.5. The van der Waals surface area contributed by atoms with Gasteiger partial charge in [0.15, 0.2) is 11.4 Å². The maximum atomic E-state index is 13.8. The van der Waals surface area contributed by atoms with E-state index in [1.54, 1.807) is 19.3 Å². The highest BCUT2D eigenvalue weighted by molar-refractivity contribution is 5.82. The first kappa shape index (κ1) is 12.1. The van der Waals surface area contributed by atoms with Crippen molar-refractivity contribution in [2.75, 3.05) is 6.54 Å². The standard InChI is InChI=1S/C14H18FNO/c1-9(2)16-7-6-11-8-17-14-12(11)5-4-10(3)13(14)15/h4-5,8-9,16H,6-7H2,1-3H3. The molecule has 0 aliphatic heterocycles. The van der Waals surface area contributed by atoms with Gasteiger partial charge in [-0.3, -0.25) is 0 Å². The third-order valence-electron chi connectivity index (χ3n) is 2.90. The van der Waals surface area contributed by atoms with Crippen LogP contribution in [0.1, 0.15) is 25.0 Å². The molecule has 0 radical (unpaired) electrons. The molecule has 0 atom stereocenters. The molecule has 0 spiro atoms. The summed E-state index contributed by atoms with van der Waals surface area (Å²) in [6, 6.07) is 4.20. The summed E-state index contributed by atoms with van der Waals surface area (Å²) in [6.45, 7) is 6.84. The second-order valence-corrected chi connectivity index (χ2v) is 4.69. The molecule has 0 bridgehead atoms. The lowest BCUT2D eigenvalue weighted by molar-refractivity contribution is 0.551. The summed E-state index contributed by atoms with van der Waals surface area (Å²) in [6.07, 6.45) is 2.52. The number of fused-ring (bicyclic) bond motifs is 1. The van der Waals surface area contributed by atoms with Gasteiger partial charge in [-0.15, -0.1) is 0 Å². The predicted octanol–water partition coefficient (Wildman–Crippen LogP) is 3.42. The van der Waals surface area contributed by atoms with Crippen molar-refractivity contribution in [3.05, 3.63) is 35.3 Å². The van der Waals surface area contributed by atoms with E-state index in [9.17, 15) is 4.39 Å². The lowest BCUT2D eigenvalue weighted by atomic mass is 10.1. The van der Waals surface area contributed by atoms with Gasteiger partial charge < -0.3 is 9.73 Å². The van der Waals surface area contributed by atoms with Crippen LogP contribution >= 0.6 is 0 Å². The molecule has 1 aromatic heterocycles. The van der Waals surface area contributed by atoms with E-state index in [1.807, 2.05) is 6.07 Å². The second-order valence-electron chi connectivity index (χ2n) is 4.69. The van der Waals surface area contributed by atoms with E-state index in [0.29, 0.717) is 17.2 Å². The normalized spacial score (nSPS) is 11.6. The number of hydrogen-bond acceptors (Lipinski definition) is 2. The van der Waals surface area contributed by atoms with Crippen molar-refractivity contribution in [1.29, 1.82) is 0 Å². The molecule has 1 heterocycles. The number of hydrogen-bond donors (Lipinski definition) is 1.